The molecule has 0 saturated heterocycles. The number of nitrogens with zero attached hydrogens (tertiary/aromatic N) is 2. The van der Waals surface area contributed by atoms with Gasteiger partial charge in [0.1, 0.15) is 12.3 Å². The van der Waals surface area contributed by atoms with Crippen LogP contribution in [0.25, 0.3) is 0 Å². The molecule has 2 N–H and O–H groups in total. The number of methoxy groups -OCH3 is 1. The highest BCUT2D eigenvalue weighted by Crippen LogP contribution is 2.20. The summed E-state index contributed by atoms with van der Waals surface area (Å²) in [5, 5.41) is 5.07. The summed E-state index contributed by atoms with van der Waals surface area (Å²) in [6.45, 7) is 0.303. The van der Waals surface area contributed by atoms with Crippen molar-refractivity contribution in [2.24, 2.45) is 0 Å². The fourth-order valence-corrected chi connectivity index (χ4v) is 3.24. The fourth-order valence-electron chi connectivity index (χ4n) is 2.29. The van der Waals surface area contributed by atoms with Crippen molar-refractivity contribution < 1.29 is 27.5 Å². The molecule has 1 heterocycles. The third-order valence-electron chi connectivity index (χ3n) is 3.86. The van der Waals surface area contributed by atoms with E-state index in [0.717, 1.165) is 4.31 Å². The minimum atomic E-state index is -3.68. The first kappa shape index (κ1) is 23.3. The zero-order chi connectivity index (χ0) is 22.1. The number of nitrogens with one attached hydrogen (secondary N) is 2. The molecule has 2 rings (SSSR count). The number of rotatable bonds is 10. The molecule has 2 amide bonds. The Bertz CT molecular complexity index is 994. The minimum absolute atomic E-state index is 0.0159. The van der Waals surface area contributed by atoms with Gasteiger partial charge in [-0.1, -0.05) is 6.07 Å². The average Bonchev–Trinajstić information content (AvgIpc) is 2.73. The van der Waals surface area contributed by atoms with Crippen LogP contribution in [0.2, 0.25) is 0 Å². The first-order chi connectivity index (χ1) is 14.3. The Morgan fingerprint density at radius 1 is 1.13 bits per heavy atom. The highest BCUT2D eigenvalue weighted by atomic mass is 32.2. The summed E-state index contributed by atoms with van der Waals surface area (Å²) >= 11 is 0. The van der Waals surface area contributed by atoms with Crippen LogP contribution in [0.4, 0.5) is 5.69 Å². The van der Waals surface area contributed by atoms with Crippen LogP contribution >= 0.6 is 0 Å². The highest BCUT2D eigenvalue weighted by Gasteiger charge is 2.19. The molecule has 162 valence electrons. The molecule has 1 aromatic carbocycles. The van der Waals surface area contributed by atoms with Gasteiger partial charge < -0.3 is 20.1 Å². The van der Waals surface area contributed by atoms with E-state index in [0.29, 0.717) is 12.3 Å². The van der Waals surface area contributed by atoms with Gasteiger partial charge in [0.2, 0.25) is 21.8 Å². The summed E-state index contributed by atoms with van der Waals surface area (Å²) in [5.74, 6) is -0.843. The average molecular weight is 436 g/mol. The van der Waals surface area contributed by atoms with Crippen molar-refractivity contribution in [1.29, 1.82) is 0 Å². The second-order valence-electron chi connectivity index (χ2n) is 6.24. The van der Waals surface area contributed by atoms with Gasteiger partial charge in [-0.05, 0) is 30.3 Å². The van der Waals surface area contributed by atoms with Crippen molar-refractivity contribution in [3.63, 3.8) is 0 Å². The second-order valence-corrected chi connectivity index (χ2v) is 8.40. The van der Waals surface area contributed by atoms with Crippen molar-refractivity contribution in [3.8, 4) is 5.88 Å². The number of carbonyl (C=O) groups excluding carboxylic acids is 2. The van der Waals surface area contributed by atoms with Crippen molar-refractivity contribution in [1.82, 2.24) is 14.6 Å². The lowest BCUT2D eigenvalue weighted by atomic mass is 10.2. The molecule has 0 aliphatic rings. The Morgan fingerprint density at radius 3 is 2.60 bits per heavy atom. The number of amides is 2. The van der Waals surface area contributed by atoms with Gasteiger partial charge >= 0.3 is 0 Å². The Labute approximate surface area is 175 Å². The number of hydrogen-bond acceptors (Lipinski definition) is 7. The summed E-state index contributed by atoms with van der Waals surface area (Å²) in [6.07, 6.45) is 1.52. The largest absolute Gasteiger partial charge is 0.474 e. The van der Waals surface area contributed by atoms with Crippen molar-refractivity contribution >= 4 is 27.5 Å². The van der Waals surface area contributed by atoms with Gasteiger partial charge in [0.15, 0.2) is 0 Å². The SMILES string of the molecule is COCCOc1ncccc1NC(=O)CNC(=O)c1cccc(S(=O)(=O)N(C)C)c1. The van der Waals surface area contributed by atoms with Crippen LogP contribution in [-0.2, 0) is 19.6 Å². The quantitative estimate of drug-likeness (QED) is 0.526. The lowest BCUT2D eigenvalue weighted by molar-refractivity contribution is -0.115. The highest BCUT2D eigenvalue weighted by molar-refractivity contribution is 7.89. The number of aromatic nitrogens is 1. The molecule has 0 atom stereocenters. The molecule has 11 heteroatoms. The van der Waals surface area contributed by atoms with Gasteiger partial charge in [-0.2, -0.15) is 0 Å². The van der Waals surface area contributed by atoms with Gasteiger partial charge in [-0.25, -0.2) is 17.7 Å². The number of ether oxygens (including phenoxy) is 2. The smallest absolute Gasteiger partial charge is 0.251 e. The predicted octanol–water partition coefficient (Wildman–Crippen LogP) is 0.726. The Hall–Kier alpha value is -3.02. The number of pyridine rings is 1. The van der Waals surface area contributed by atoms with E-state index in [4.69, 9.17) is 9.47 Å². The first-order valence-corrected chi connectivity index (χ1v) is 10.4. The normalized spacial score (nSPS) is 11.2. The maximum atomic E-state index is 12.3. The summed E-state index contributed by atoms with van der Waals surface area (Å²) in [6, 6.07) is 8.83. The minimum Gasteiger partial charge on any atom is -0.474 e. The van der Waals surface area contributed by atoms with Crippen molar-refractivity contribution in [3.05, 3.63) is 48.2 Å². The van der Waals surface area contributed by atoms with Gasteiger partial charge in [-0.15, -0.1) is 0 Å². The predicted molar refractivity (Wildman–Crippen MR) is 110 cm³/mol. The van der Waals surface area contributed by atoms with Gasteiger partial charge in [0.05, 0.1) is 18.0 Å². The van der Waals surface area contributed by atoms with Crippen LogP contribution < -0.4 is 15.4 Å². The number of anilines is 1. The molecular formula is C19H24N4O6S. The molecule has 10 nitrogen and oxygen atoms in total. The number of benzene rings is 1. The maximum absolute atomic E-state index is 12.3. The lowest BCUT2D eigenvalue weighted by Gasteiger charge is -2.13. The molecule has 0 bridgehead atoms. The molecule has 0 aliphatic heterocycles. The molecule has 30 heavy (non-hydrogen) atoms. The van der Waals surface area contributed by atoms with E-state index in [1.807, 2.05) is 0 Å². The maximum Gasteiger partial charge on any atom is 0.251 e. The van der Waals surface area contributed by atoms with E-state index >= 15 is 0 Å². The van der Waals surface area contributed by atoms with E-state index in [1.54, 1.807) is 19.2 Å². The zero-order valence-electron chi connectivity index (χ0n) is 16.9. The molecule has 0 saturated carbocycles. The standard InChI is InChI=1S/C19H24N4O6S/c1-23(2)30(26,27)15-7-4-6-14(12-15)18(25)21-13-17(24)22-16-8-5-9-20-19(16)29-11-10-28-3/h4-9,12H,10-11,13H2,1-3H3,(H,21,25)(H,22,24). The van der Waals surface area contributed by atoms with E-state index in [-0.39, 0.29) is 29.5 Å². The van der Waals surface area contributed by atoms with Crippen LogP contribution in [0.3, 0.4) is 0 Å². The number of carbonyl (C=O) groups is 2. The summed E-state index contributed by atoms with van der Waals surface area (Å²) in [5.41, 5.74) is 0.475. The van der Waals surface area contributed by atoms with E-state index < -0.39 is 21.8 Å². The fraction of sp³-hybridized carbons (Fsp3) is 0.316. The molecule has 0 fully saturated rings. The molecule has 0 unspecified atom stereocenters. The second kappa shape index (κ2) is 10.7. The van der Waals surface area contributed by atoms with Gasteiger partial charge in [0, 0.05) is 33.0 Å². The van der Waals surface area contributed by atoms with Crippen molar-refractivity contribution in [2.75, 3.05) is 46.3 Å². The van der Waals surface area contributed by atoms with Crippen LogP contribution in [0.5, 0.6) is 5.88 Å². The molecule has 2 aromatic rings. The summed E-state index contributed by atoms with van der Waals surface area (Å²) in [4.78, 5) is 28.6. The lowest BCUT2D eigenvalue weighted by Crippen LogP contribution is -2.33. The third-order valence-corrected chi connectivity index (χ3v) is 5.67. The Morgan fingerprint density at radius 2 is 1.90 bits per heavy atom. The van der Waals surface area contributed by atoms with E-state index in [1.165, 1.54) is 44.6 Å². The summed E-state index contributed by atoms with van der Waals surface area (Å²) in [7, 11) is 0.667. The van der Waals surface area contributed by atoms with Crippen LogP contribution in [-0.4, -0.2) is 70.5 Å². The third kappa shape index (κ3) is 6.24. The van der Waals surface area contributed by atoms with Crippen LogP contribution in [0.1, 0.15) is 10.4 Å². The number of sulfonamides is 1. The Balaban J connectivity index is 1.98. The van der Waals surface area contributed by atoms with E-state index in [2.05, 4.69) is 15.6 Å². The first-order valence-electron chi connectivity index (χ1n) is 8.93. The van der Waals surface area contributed by atoms with Crippen molar-refractivity contribution in [2.45, 2.75) is 4.90 Å². The topological polar surface area (TPSA) is 127 Å². The zero-order valence-corrected chi connectivity index (χ0v) is 17.7. The molecule has 0 spiro atoms. The Kier molecular flexibility index (Phi) is 8.27. The van der Waals surface area contributed by atoms with Gasteiger partial charge in [-0.3, -0.25) is 9.59 Å². The van der Waals surface area contributed by atoms with Gasteiger partial charge in [0.25, 0.3) is 5.91 Å². The molecule has 0 radical (unpaired) electrons. The number of hydrogen-bond donors (Lipinski definition) is 2. The monoisotopic (exact) mass is 436 g/mol. The molecule has 1 aromatic heterocycles. The molecule has 0 aliphatic carbocycles. The molecular weight excluding hydrogens is 412 g/mol. The van der Waals surface area contributed by atoms with Crippen LogP contribution in [0.15, 0.2) is 47.5 Å². The van der Waals surface area contributed by atoms with E-state index in [9.17, 15) is 18.0 Å². The van der Waals surface area contributed by atoms with Crippen LogP contribution in [0, 0.1) is 0 Å². The summed E-state index contributed by atoms with van der Waals surface area (Å²) < 4.78 is 35.8.